The van der Waals surface area contributed by atoms with E-state index in [1.54, 1.807) is 24.3 Å². The van der Waals surface area contributed by atoms with Crippen LogP contribution in [0.4, 0.5) is 11.5 Å². The zero-order valence-electron chi connectivity index (χ0n) is 8.79. The third-order valence-corrected chi connectivity index (χ3v) is 1.98. The molecule has 4 N–H and O–H groups in total. The van der Waals surface area contributed by atoms with Crippen LogP contribution >= 0.6 is 0 Å². The lowest BCUT2D eigenvalue weighted by molar-refractivity contribution is 0.102. The van der Waals surface area contributed by atoms with Gasteiger partial charge in [-0.25, -0.2) is 4.98 Å². The molecule has 0 radical (unpaired) electrons. The van der Waals surface area contributed by atoms with Crippen LogP contribution in [0.2, 0.25) is 0 Å². The van der Waals surface area contributed by atoms with Gasteiger partial charge in [0, 0.05) is 6.20 Å². The molecule has 2 aromatic rings. The van der Waals surface area contributed by atoms with Crippen LogP contribution in [-0.4, -0.2) is 21.1 Å². The molecule has 0 unspecified atom stereocenters. The molecular weight excluding hydrogens is 220 g/mol. The standard InChI is InChI=1S/C10H10N6O/c11-15-7-3-4-8(12-6-7)10(17)14-9-2-1-5-13-16-9/h1-6,15H,11H2,(H,14,16,17). The summed E-state index contributed by atoms with van der Waals surface area (Å²) in [4.78, 5) is 15.7. The van der Waals surface area contributed by atoms with Gasteiger partial charge in [-0.2, -0.15) is 5.10 Å². The average molecular weight is 230 g/mol. The number of nitrogens with two attached hydrogens (primary N) is 1. The highest BCUT2D eigenvalue weighted by atomic mass is 16.1. The van der Waals surface area contributed by atoms with Crippen molar-refractivity contribution in [2.45, 2.75) is 0 Å². The SMILES string of the molecule is NNc1ccc(C(=O)Nc2cccnn2)nc1. The minimum atomic E-state index is -0.353. The second-order valence-electron chi connectivity index (χ2n) is 3.14. The number of pyridine rings is 1. The van der Waals surface area contributed by atoms with Crippen LogP contribution in [0, 0.1) is 0 Å². The smallest absolute Gasteiger partial charge is 0.275 e. The normalized spacial score (nSPS) is 9.71. The summed E-state index contributed by atoms with van der Waals surface area (Å²) in [6.45, 7) is 0. The summed E-state index contributed by atoms with van der Waals surface area (Å²) >= 11 is 0. The van der Waals surface area contributed by atoms with Crippen molar-refractivity contribution >= 4 is 17.4 Å². The number of carbonyl (C=O) groups excluding carboxylic acids is 1. The van der Waals surface area contributed by atoms with Crippen molar-refractivity contribution in [2.24, 2.45) is 5.84 Å². The van der Waals surface area contributed by atoms with Gasteiger partial charge in [0.2, 0.25) is 0 Å². The fraction of sp³-hybridized carbons (Fsp3) is 0. The molecular formula is C10H10N6O. The van der Waals surface area contributed by atoms with Crippen molar-refractivity contribution in [3.8, 4) is 0 Å². The van der Waals surface area contributed by atoms with Crippen molar-refractivity contribution in [3.05, 3.63) is 42.4 Å². The number of nitrogens with one attached hydrogen (secondary N) is 2. The number of amides is 1. The van der Waals surface area contributed by atoms with Gasteiger partial charge >= 0.3 is 0 Å². The predicted molar refractivity (Wildman–Crippen MR) is 62.0 cm³/mol. The van der Waals surface area contributed by atoms with Crippen molar-refractivity contribution in [1.29, 1.82) is 0 Å². The van der Waals surface area contributed by atoms with Crippen LogP contribution < -0.4 is 16.6 Å². The Bertz CT molecular complexity index is 498. The maximum Gasteiger partial charge on any atom is 0.275 e. The van der Waals surface area contributed by atoms with Crippen LogP contribution in [-0.2, 0) is 0 Å². The topological polar surface area (TPSA) is 106 Å². The number of carbonyl (C=O) groups is 1. The summed E-state index contributed by atoms with van der Waals surface area (Å²) in [7, 11) is 0. The van der Waals surface area contributed by atoms with E-state index in [1.807, 2.05) is 0 Å². The predicted octanol–water partition coefficient (Wildman–Crippen LogP) is 0.409. The van der Waals surface area contributed by atoms with Gasteiger partial charge in [0.15, 0.2) is 5.82 Å². The monoisotopic (exact) mass is 230 g/mol. The van der Waals surface area contributed by atoms with E-state index >= 15 is 0 Å². The van der Waals surface area contributed by atoms with Crippen molar-refractivity contribution in [2.75, 3.05) is 10.7 Å². The van der Waals surface area contributed by atoms with Crippen molar-refractivity contribution in [1.82, 2.24) is 15.2 Å². The summed E-state index contributed by atoms with van der Waals surface area (Å²) in [5.74, 6) is 5.21. The number of aromatic nitrogens is 3. The van der Waals surface area contributed by atoms with Crippen LogP contribution in [0.3, 0.4) is 0 Å². The first-order valence-electron chi connectivity index (χ1n) is 4.81. The number of hydrogen-bond acceptors (Lipinski definition) is 6. The maximum atomic E-state index is 11.7. The van der Waals surface area contributed by atoms with Crippen LogP contribution in [0.5, 0.6) is 0 Å². The molecule has 2 rings (SSSR count). The van der Waals surface area contributed by atoms with E-state index < -0.39 is 0 Å². The van der Waals surface area contributed by atoms with Gasteiger partial charge in [-0.15, -0.1) is 5.10 Å². The first kappa shape index (κ1) is 11.0. The molecule has 86 valence electrons. The lowest BCUT2D eigenvalue weighted by Crippen LogP contribution is -2.15. The zero-order chi connectivity index (χ0) is 12.1. The first-order valence-corrected chi connectivity index (χ1v) is 4.81. The molecule has 1 amide bonds. The molecule has 0 saturated heterocycles. The van der Waals surface area contributed by atoms with Gasteiger partial charge in [0.05, 0.1) is 11.9 Å². The van der Waals surface area contributed by atoms with Gasteiger partial charge in [-0.1, -0.05) is 0 Å². The third kappa shape index (κ3) is 2.73. The van der Waals surface area contributed by atoms with Crippen LogP contribution in [0.25, 0.3) is 0 Å². The third-order valence-electron chi connectivity index (χ3n) is 1.98. The van der Waals surface area contributed by atoms with Gasteiger partial charge in [0.25, 0.3) is 5.91 Å². The van der Waals surface area contributed by atoms with Gasteiger partial charge in [0.1, 0.15) is 5.69 Å². The molecule has 17 heavy (non-hydrogen) atoms. The molecule has 7 nitrogen and oxygen atoms in total. The van der Waals surface area contributed by atoms with E-state index in [1.165, 1.54) is 12.4 Å². The molecule has 0 bridgehead atoms. The largest absolute Gasteiger partial charge is 0.323 e. The quantitative estimate of drug-likeness (QED) is 0.521. The number of hydrazine groups is 1. The molecule has 0 aromatic carbocycles. The van der Waals surface area contributed by atoms with E-state index in [-0.39, 0.29) is 11.6 Å². The molecule has 0 spiro atoms. The van der Waals surface area contributed by atoms with Gasteiger partial charge in [-0.05, 0) is 24.3 Å². The Labute approximate surface area is 97.1 Å². The lowest BCUT2D eigenvalue weighted by Gasteiger charge is -2.03. The second-order valence-corrected chi connectivity index (χ2v) is 3.14. The Morgan fingerprint density at radius 1 is 1.29 bits per heavy atom. The lowest BCUT2D eigenvalue weighted by atomic mass is 10.3. The average Bonchev–Trinajstić information content (AvgIpc) is 2.40. The fourth-order valence-corrected chi connectivity index (χ4v) is 1.16. The van der Waals surface area contributed by atoms with E-state index in [0.29, 0.717) is 11.5 Å². The maximum absolute atomic E-state index is 11.7. The molecule has 0 aliphatic rings. The highest BCUT2D eigenvalue weighted by Crippen LogP contribution is 2.06. The Balaban J connectivity index is 2.09. The summed E-state index contributed by atoms with van der Waals surface area (Å²) in [5, 5.41) is 9.95. The van der Waals surface area contributed by atoms with E-state index in [2.05, 4.69) is 25.9 Å². The van der Waals surface area contributed by atoms with E-state index in [4.69, 9.17) is 5.84 Å². The molecule has 7 heteroatoms. The number of hydrogen-bond donors (Lipinski definition) is 3. The zero-order valence-corrected chi connectivity index (χ0v) is 8.79. The summed E-state index contributed by atoms with van der Waals surface area (Å²) in [6, 6.07) is 6.53. The second kappa shape index (κ2) is 4.99. The minimum Gasteiger partial charge on any atom is -0.323 e. The molecule has 0 saturated carbocycles. The van der Waals surface area contributed by atoms with Crippen LogP contribution in [0.15, 0.2) is 36.7 Å². The molecule has 2 aromatic heterocycles. The Morgan fingerprint density at radius 3 is 2.76 bits per heavy atom. The van der Waals surface area contributed by atoms with E-state index in [0.717, 1.165) is 0 Å². The van der Waals surface area contributed by atoms with Crippen molar-refractivity contribution < 1.29 is 4.79 Å². The molecule has 2 heterocycles. The van der Waals surface area contributed by atoms with Gasteiger partial charge in [-0.3, -0.25) is 10.6 Å². The summed E-state index contributed by atoms with van der Waals surface area (Å²) in [6.07, 6.45) is 2.99. The Morgan fingerprint density at radius 2 is 2.18 bits per heavy atom. The Hall–Kier alpha value is -2.54. The highest BCUT2D eigenvalue weighted by molar-refractivity contribution is 6.02. The van der Waals surface area contributed by atoms with Crippen LogP contribution in [0.1, 0.15) is 10.5 Å². The van der Waals surface area contributed by atoms with Crippen molar-refractivity contribution in [3.63, 3.8) is 0 Å². The highest BCUT2D eigenvalue weighted by Gasteiger charge is 2.07. The molecule has 0 atom stereocenters. The minimum absolute atomic E-state index is 0.273. The summed E-state index contributed by atoms with van der Waals surface area (Å²) in [5.41, 5.74) is 3.33. The Kier molecular flexibility index (Phi) is 3.22. The molecule has 0 fully saturated rings. The van der Waals surface area contributed by atoms with E-state index in [9.17, 15) is 4.79 Å². The number of nitrogen functional groups attached to an aromatic ring is 1. The fourth-order valence-electron chi connectivity index (χ4n) is 1.16. The number of anilines is 2. The molecule has 0 aliphatic carbocycles. The molecule has 0 aliphatic heterocycles. The number of rotatable bonds is 3. The van der Waals surface area contributed by atoms with Gasteiger partial charge < -0.3 is 10.7 Å². The summed E-state index contributed by atoms with van der Waals surface area (Å²) < 4.78 is 0. The first-order chi connectivity index (χ1) is 8.29. The number of nitrogens with zero attached hydrogens (tertiary/aromatic N) is 3.